The minimum absolute atomic E-state index is 0.0220. The fourth-order valence-electron chi connectivity index (χ4n) is 2.61. The van der Waals surface area contributed by atoms with E-state index in [0.29, 0.717) is 0 Å². The predicted molar refractivity (Wildman–Crippen MR) is 72.7 cm³/mol. The van der Waals surface area contributed by atoms with Crippen LogP contribution in [0.2, 0.25) is 0 Å². The second-order valence-corrected chi connectivity index (χ2v) is 5.66. The maximum atomic E-state index is 12.9. The summed E-state index contributed by atoms with van der Waals surface area (Å²) in [5.41, 5.74) is 7.21. The second kappa shape index (κ2) is 5.81. The van der Waals surface area contributed by atoms with E-state index in [9.17, 15) is 4.39 Å². The molecular weight excluding hydrogens is 227 g/mol. The number of nitrogens with two attached hydrogens (primary N) is 1. The van der Waals surface area contributed by atoms with Gasteiger partial charge in [0, 0.05) is 19.1 Å². The Morgan fingerprint density at radius 1 is 1.28 bits per heavy atom. The van der Waals surface area contributed by atoms with E-state index in [1.165, 1.54) is 18.6 Å². The van der Waals surface area contributed by atoms with Crippen molar-refractivity contribution >= 4 is 0 Å². The number of likely N-dealkylation sites (tertiary alicyclic amines) is 1. The first-order valence-electron chi connectivity index (χ1n) is 6.79. The fourth-order valence-corrected chi connectivity index (χ4v) is 2.61. The van der Waals surface area contributed by atoms with Crippen LogP contribution < -0.4 is 5.73 Å². The third-order valence-corrected chi connectivity index (χ3v) is 4.17. The summed E-state index contributed by atoms with van der Waals surface area (Å²) in [6, 6.07) is 6.52. The van der Waals surface area contributed by atoms with Crippen LogP contribution in [0.15, 0.2) is 24.3 Å². The first-order chi connectivity index (χ1) is 8.56. The number of nitrogens with zero attached hydrogens (tertiary/aromatic N) is 1. The van der Waals surface area contributed by atoms with E-state index in [1.807, 2.05) is 0 Å². The Kier molecular flexibility index (Phi) is 4.36. The highest BCUT2D eigenvalue weighted by molar-refractivity contribution is 5.19. The van der Waals surface area contributed by atoms with Gasteiger partial charge < -0.3 is 10.6 Å². The molecule has 1 aromatic carbocycles. The third kappa shape index (κ3) is 3.30. The van der Waals surface area contributed by atoms with Gasteiger partial charge >= 0.3 is 0 Å². The van der Waals surface area contributed by atoms with Gasteiger partial charge in [0.05, 0.1) is 0 Å². The zero-order valence-electron chi connectivity index (χ0n) is 11.3. The van der Waals surface area contributed by atoms with Gasteiger partial charge in [-0.25, -0.2) is 4.39 Å². The van der Waals surface area contributed by atoms with E-state index in [2.05, 4.69) is 18.7 Å². The maximum absolute atomic E-state index is 12.9. The maximum Gasteiger partial charge on any atom is 0.123 e. The van der Waals surface area contributed by atoms with Crippen molar-refractivity contribution in [2.45, 2.75) is 26.3 Å². The molecule has 1 fully saturated rings. The van der Waals surface area contributed by atoms with Crippen LogP contribution in [-0.2, 0) is 0 Å². The molecule has 1 aromatic rings. The fraction of sp³-hybridized carbons (Fsp3) is 0.600. The molecule has 2 rings (SSSR count). The molecular formula is C15H23FN2. The van der Waals surface area contributed by atoms with Crippen molar-refractivity contribution in [3.63, 3.8) is 0 Å². The molecule has 3 atom stereocenters. The van der Waals surface area contributed by atoms with E-state index < -0.39 is 0 Å². The predicted octanol–water partition coefficient (Wildman–Crippen LogP) is 2.80. The Morgan fingerprint density at radius 2 is 1.94 bits per heavy atom. The van der Waals surface area contributed by atoms with E-state index in [1.54, 1.807) is 12.1 Å². The van der Waals surface area contributed by atoms with Gasteiger partial charge in [0.1, 0.15) is 5.82 Å². The van der Waals surface area contributed by atoms with Gasteiger partial charge in [0.2, 0.25) is 0 Å². The first-order valence-corrected chi connectivity index (χ1v) is 6.79. The summed E-state index contributed by atoms with van der Waals surface area (Å²) in [6.45, 7) is 7.74. The third-order valence-electron chi connectivity index (χ3n) is 4.17. The number of benzene rings is 1. The highest BCUT2D eigenvalue weighted by Gasteiger charge is 2.23. The largest absolute Gasteiger partial charge is 0.323 e. The van der Waals surface area contributed by atoms with E-state index >= 15 is 0 Å². The molecule has 1 aliphatic heterocycles. The average Bonchev–Trinajstić information content (AvgIpc) is 2.34. The van der Waals surface area contributed by atoms with Crippen LogP contribution in [-0.4, -0.2) is 24.5 Å². The van der Waals surface area contributed by atoms with Crippen molar-refractivity contribution in [2.75, 3.05) is 19.6 Å². The lowest BCUT2D eigenvalue weighted by molar-refractivity contribution is 0.132. The molecule has 2 N–H and O–H groups in total. The standard InChI is InChI=1S/C15H23FN2/c1-11-7-8-18(9-12(11)2)10-15(17)13-3-5-14(16)6-4-13/h3-6,11-12,15H,7-10,17H2,1-2H3. The summed E-state index contributed by atoms with van der Waals surface area (Å²) in [4.78, 5) is 2.43. The van der Waals surface area contributed by atoms with Crippen molar-refractivity contribution in [1.82, 2.24) is 4.90 Å². The van der Waals surface area contributed by atoms with Gasteiger partial charge in [-0.3, -0.25) is 0 Å². The molecule has 2 nitrogen and oxygen atoms in total. The summed E-state index contributed by atoms with van der Waals surface area (Å²) in [5.74, 6) is 1.34. The van der Waals surface area contributed by atoms with E-state index in [4.69, 9.17) is 5.73 Å². The van der Waals surface area contributed by atoms with Crippen molar-refractivity contribution in [2.24, 2.45) is 17.6 Å². The molecule has 1 heterocycles. The number of piperidine rings is 1. The Morgan fingerprint density at radius 3 is 2.56 bits per heavy atom. The van der Waals surface area contributed by atoms with Crippen LogP contribution >= 0.6 is 0 Å². The zero-order chi connectivity index (χ0) is 13.1. The normalized spacial score (nSPS) is 27.1. The first kappa shape index (κ1) is 13.5. The molecule has 3 unspecified atom stereocenters. The van der Waals surface area contributed by atoms with Crippen LogP contribution in [0.5, 0.6) is 0 Å². The van der Waals surface area contributed by atoms with Crippen LogP contribution in [0.3, 0.4) is 0 Å². The summed E-state index contributed by atoms with van der Waals surface area (Å²) in [7, 11) is 0. The molecule has 1 aliphatic rings. The van der Waals surface area contributed by atoms with Gasteiger partial charge in [-0.2, -0.15) is 0 Å². The monoisotopic (exact) mass is 250 g/mol. The smallest absolute Gasteiger partial charge is 0.123 e. The quantitative estimate of drug-likeness (QED) is 0.894. The van der Waals surface area contributed by atoms with Crippen molar-refractivity contribution in [3.8, 4) is 0 Å². The molecule has 18 heavy (non-hydrogen) atoms. The van der Waals surface area contributed by atoms with E-state index in [0.717, 1.165) is 37.0 Å². The van der Waals surface area contributed by atoms with Gasteiger partial charge in [-0.05, 0) is 42.5 Å². The topological polar surface area (TPSA) is 29.3 Å². The summed E-state index contributed by atoms with van der Waals surface area (Å²) in [6.07, 6.45) is 1.25. The van der Waals surface area contributed by atoms with Gasteiger partial charge in [0.15, 0.2) is 0 Å². The molecule has 100 valence electrons. The highest BCUT2D eigenvalue weighted by atomic mass is 19.1. The lowest BCUT2D eigenvalue weighted by Crippen LogP contribution is -2.41. The molecule has 0 radical (unpaired) electrons. The molecule has 0 spiro atoms. The molecule has 0 amide bonds. The highest BCUT2D eigenvalue weighted by Crippen LogP contribution is 2.24. The summed E-state index contributed by atoms with van der Waals surface area (Å²) in [5, 5.41) is 0. The van der Waals surface area contributed by atoms with Crippen LogP contribution in [0.1, 0.15) is 31.9 Å². The van der Waals surface area contributed by atoms with Crippen LogP contribution in [0.25, 0.3) is 0 Å². The summed E-state index contributed by atoms with van der Waals surface area (Å²) >= 11 is 0. The molecule has 0 bridgehead atoms. The van der Waals surface area contributed by atoms with Crippen molar-refractivity contribution in [3.05, 3.63) is 35.6 Å². The molecule has 0 aliphatic carbocycles. The van der Waals surface area contributed by atoms with Gasteiger partial charge in [-0.15, -0.1) is 0 Å². The molecule has 0 aromatic heterocycles. The average molecular weight is 250 g/mol. The minimum atomic E-state index is -0.202. The van der Waals surface area contributed by atoms with Crippen molar-refractivity contribution in [1.29, 1.82) is 0 Å². The SMILES string of the molecule is CC1CCN(CC(N)c2ccc(F)cc2)CC1C. The van der Waals surface area contributed by atoms with Crippen molar-refractivity contribution < 1.29 is 4.39 Å². The Balaban J connectivity index is 1.91. The number of rotatable bonds is 3. The van der Waals surface area contributed by atoms with Crippen LogP contribution in [0.4, 0.5) is 4.39 Å². The minimum Gasteiger partial charge on any atom is -0.323 e. The van der Waals surface area contributed by atoms with Crippen LogP contribution in [0, 0.1) is 17.7 Å². The summed E-state index contributed by atoms with van der Waals surface area (Å²) < 4.78 is 12.9. The number of halogens is 1. The van der Waals surface area contributed by atoms with Gasteiger partial charge in [0.25, 0.3) is 0 Å². The Bertz CT molecular complexity index is 377. The molecule has 0 saturated carbocycles. The lowest BCUT2D eigenvalue weighted by Gasteiger charge is -2.36. The van der Waals surface area contributed by atoms with Gasteiger partial charge in [-0.1, -0.05) is 26.0 Å². The van der Waals surface area contributed by atoms with E-state index in [-0.39, 0.29) is 11.9 Å². The zero-order valence-corrected chi connectivity index (χ0v) is 11.3. The number of hydrogen-bond donors (Lipinski definition) is 1. The Hall–Kier alpha value is -0.930. The molecule has 3 heteroatoms. The molecule has 1 saturated heterocycles. The number of hydrogen-bond acceptors (Lipinski definition) is 2. The lowest BCUT2D eigenvalue weighted by atomic mass is 9.88. The Labute approximate surface area is 109 Å². The second-order valence-electron chi connectivity index (χ2n) is 5.66.